The molecule has 1 aromatic carbocycles. The molecule has 1 rings (SSSR count). The smallest absolute Gasteiger partial charge is 0.407 e. The number of alkyl carbamates (subject to hydrolysis) is 1. The maximum Gasteiger partial charge on any atom is 0.407 e. The van der Waals surface area contributed by atoms with Crippen LogP contribution in [0.2, 0.25) is 0 Å². The minimum atomic E-state index is -1.18. The number of aliphatic carboxylic acids is 1. The molecule has 0 heterocycles. The molecule has 0 radical (unpaired) electrons. The summed E-state index contributed by atoms with van der Waals surface area (Å²) in [7, 11) is 0. The average molecular weight is 393 g/mol. The average Bonchev–Trinajstić information content (AvgIpc) is 2.64. The lowest BCUT2D eigenvalue weighted by Gasteiger charge is -2.21. The molecule has 28 heavy (non-hydrogen) atoms. The van der Waals surface area contributed by atoms with Gasteiger partial charge < -0.3 is 25.8 Å². The van der Waals surface area contributed by atoms with Crippen LogP contribution in [-0.4, -0.2) is 47.6 Å². The molecule has 9 nitrogen and oxygen atoms in total. The number of nitrogens with one attached hydrogen (secondary N) is 3. The van der Waals surface area contributed by atoms with E-state index in [1.807, 2.05) is 32.0 Å². The van der Waals surface area contributed by atoms with Crippen LogP contribution in [-0.2, 0) is 25.7 Å². The molecule has 0 aromatic heterocycles. The lowest BCUT2D eigenvalue weighted by atomic mass is 10.0. The Morgan fingerprint density at radius 1 is 1.04 bits per heavy atom. The van der Waals surface area contributed by atoms with Crippen LogP contribution in [0, 0.1) is 5.92 Å². The highest BCUT2D eigenvalue weighted by Gasteiger charge is 2.25. The SMILES string of the molecule is CC(C)CC(NC(=O)CNC(=O)OCc1ccccc1)C(=O)NC(C)C(=O)O. The minimum Gasteiger partial charge on any atom is -0.480 e. The summed E-state index contributed by atoms with van der Waals surface area (Å²) in [6, 6.07) is 7.08. The Morgan fingerprint density at radius 2 is 1.68 bits per heavy atom. The summed E-state index contributed by atoms with van der Waals surface area (Å²) >= 11 is 0. The van der Waals surface area contributed by atoms with Gasteiger partial charge in [-0.05, 0) is 24.8 Å². The zero-order valence-electron chi connectivity index (χ0n) is 16.2. The summed E-state index contributed by atoms with van der Waals surface area (Å²) in [6.07, 6.45) is -0.439. The number of amides is 3. The molecule has 0 saturated carbocycles. The first-order chi connectivity index (χ1) is 13.2. The summed E-state index contributed by atoms with van der Waals surface area (Å²) < 4.78 is 5.00. The van der Waals surface area contributed by atoms with E-state index in [9.17, 15) is 19.2 Å². The Kier molecular flexibility index (Phi) is 9.49. The molecule has 2 atom stereocenters. The standard InChI is InChI=1S/C19H27N3O6/c1-12(2)9-15(17(24)21-13(3)18(25)26)22-16(23)10-20-19(27)28-11-14-7-5-4-6-8-14/h4-8,12-13,15H,9-11H2,1-3H3,(H,20,27)(H,21,24)(H,22,23)(H,25,26). The van der Waals surface area contributed by atoms with E-state index in [2.05, 4.69) is 16.0 Å². The first kappa shape index (κ1) is 22.9. The van der Waals surface area contributed by atoms with Crippen LogP contribution < -0.4 is 16.0 Å². The van der Waals surface area contributed by atoms with E-state index in [1.54, 1.807) is 12.1 Å². The molecular weight excluding hydrogens is 366 g/mol. The van der Waals surface area contributed by atoms with E-state index in [0.717, 1.165) is 5.56 Å². The van der Waals surface area contributed by atoms with Gasteiger partial charge in [0.15, 0.2) is 0 Å². The number of carbonyl (C=O) groups is 4. The molecule has 0 saturated heterocycles. The van der Waals surface area contributed by atoms with Crippen molar-refractivity contribution in [1.29, 1.82) is 0 Å². The second-order valence-corrected chi connectivity index (χ2v) is 6.73. The van der Waals surface area contributed by atoms with Gasteiger partial charge in [-0.1, -0.05) is 44.2 Å². The molecule has 154 valence electrons. The summed E-state index contributed by atoms with van der Waals surface area (Å²) in [4.78, 5) is 46.8. The Balaban J connectivity index is 2.47. The zero-order valence-corrected chi connectivity index (χ0v) is 16.2. The van der Waals surface area contributed by atoms with Gasteiger partial charge in [0.1, 0.15) is 25.2 Å². The van der Waals surface area contributed by atoms with Crippen LogP contribution in [0.4, 0.5) is 4.79 Å². The van der Waals surface area contributed by atoms with Gasteiger partial charge in [0.05, 0.1) is 0 Å². The Bertz CT molecular complexity index is 678. The van der Waals surface area contributed by atoms with Crippen molar-refractivity contribution in [3.05, 3.63) is 35.9 Å². The highest BCUT2D eigenvalue weighted by Crippen LogP contribution is 2.05. The van der Waals surface area contributed by atoms with Crippen molar-refractivity contribution >= 4 is 23.9 Å². The van der Waals surface area contributed by atoms with E-state index in [-0.39, 0.29) is 19.1 Å². The number of hydrogen-bond donors (Lipinski definition) is 4. The molecule has 9 heteroatoms. The van der Waals surface area contributed by atoms with Gasteiger partial charge in [-0.2, -0.15) is 0 Å². The van der Waals surface area contributed by atoms with Crippen molar-refractivity contribution in [3.63, 3.8) is 0 Å². The van der Waals surface area contributed by atoms with Crippen molar-refractivity contribution in [2.75, 3.05) is 6.54 Å². The molecule has 4 N–H and O–H groups in total. The van der Waals surface area contributed by atoms with Crippen molar-refractivity contribution < 1.29 is 29.0 Å². The van der Waals surface area contributed by atoms with Crippen LogP contribution >= 0.6 is 0 Å². The monoisotopic (exact) mass is 393 g/mol. The molecular formula is C19H27N3O6. The molecule has 0 aliphatic heterocycles. The van der Waals surface area contributed by atoms with Gasteiger partial charge in [0, 0.05) is 0 Å². The molecule has 0 spiro atoms. The predicted molar refractivity (Wildman–Crippen MR) is 101 cm³/mol. The number of hydrogen-bond acceptors (Lipinski definition) is 5. The third kappa shape index (κ3) is 9.02. The Labute approximate surface area is 163 Å². The Morgan fingerprint density at radius 3 is 2.25 bits per heavy atom. The topological polar surface area (TPSA) is 134 Å². The number of carboxylic acids is 1. The van der Waals surface area contributed by atoms with Gasteiger partial charge in [-0.25, -0.2) is 4.79 Å². The number of carbonyl (C=O) groups excluding carboxylic acids is 3. The van der Waals surface area contributed by atoms with E-state index < -0.39 is 36.0 Å². The third-order valence-electron chi connectivity index (χ3n) is 3.69. The minimum absolute atomic E-state index is 0.0692. The quantitative estimate of drug-likeness (QED) is 0.469. The zero-order chi connectivity index (χ0) is 21.1. The highest BCUT2D eigenvalue weighted by molar-refractivity contribution is 5.91. The van der Waals surface area contributed by atoms with Gasteiger partial charge in [-0.15, -0.1) is 0 Å². The fraction of sp³-hybridized carbons (Fsp3) is 0.474. The van der Waals surface area contributed by atoms with Crippen molar-refractivity contribution in [2.24, 2.45) is 5.92 Å². The molecule has 1 aromatic rings. The summed E-state index contributed by atoms with van der Waals surface area (Å²) in [5.74, 6) is -2.27. The lowest BCUT2D eigenvalue weighted by molar-refractivity contribution is -0.141. The normalized spacial score (nSPS) is 12.6. The largest absolute Gasteiger partial charge is 0.480 e. The number of carboxylic acid groups (broad SMARTS) is 1. The molecule has 0 aliphatic rings. The molecule has 0 aliphatic carbocycles. The van der Waals surface area contributed by atoms with Crippen LogP contribution in [0.15, 0.2) is 30.3 Å². The van der Waals surface area contributed by atoms with Crippen molar-refractivity contribution in [1.82, 2.24) is 16.0 Å². The first-order valence-corrected chi connectivity index (χ1v) is 8.96. The second kappa shape index (κ2) is 11.6. The number of rotatable bonds is 10. The van der Waals surface area contributed by atoms with Gasteiger partial charge >= 0.3 is 12.1 Å². The molecule has 3 amide bonds. The fourth-order valence-electron chi connectivity index (χ4n) is 2.25. The number of ether oxygens (including phenoxy) is 1. The molecule has 0 bridgehead atoms. The number of benzene rings is 1. The van der Waals surface area contributed by atoms with Crippen molar-refractivity contribution in [3.8, 4) is 0 Å². The summed E-state index contributed by atoms with van der Waals surface area (Å²) in [5.41, 5.74) is 0.809. The maximum atomic E-state index is 12.2. The van der Waals surface area contributed by atoms with E-state index >= 15 is 0 Å². The highest BCUT2D eigenvalue weighted by atomic mass is 16.5. The van der Waals surface area contributed by atoms with Crippen LogP contribution in [0.5, 0.6) is 0 Å². The Hall–Kier alpha value is -3.10. The van der Waals surface area contributed by atoms with Crippen LogP contribution in [0.1, 0.15) is 32.8 Å². The van der Waals surface area contributed by atoms with E-state index in [4.69, 9.17) is 9.84 Å². The maximum absolute atomic E-state index is 12.2. The van der Waals surface area contributed by atoms with Gasteiger partial charge in [-0.3, -0.25) is 14.4 Å². The second-order valence-electron chi connectivity index (χ2n) is 6.73. The van der Waals surface area contributed by atoms with E-state index in [1.165, 1.54) is 6.92 Å². The fourth-order valence-corrected chi connectivity index (χ4v) is 2.25. The van der Waals surface area contributed by atoms with Gasteiger partial charge in [0.25, 0.3) is 0 Å². The predicted octanol–water partition coefficient (Wildman–Crippen LogP) is 1.03. The third-order valence-corrected chi connectivity index (χ3v) is 3.69. The van der Waals surface area contributed by atoms with Crippen molar-refractivity contribution in [2.45, 2.75) is 45.9 Å². The van der Waals surface area contributed by atoms with Crippen LogP contribution in [0.3, 0.4) is 0 Å². The van der Waals surface area contributed by atoms with Gasteiger partial charge in [0.2, 0.25) is 11.8 Å². The van der Waals surface area contributed by atoms with Crippen LogP contribution in [0.25, 0.3) is 0 Å². The lowest BCUT2D eigenvalue weighted by Crippen LogP contribution is -2.52. The summed E-state index contributed by atoms with van der Waals surface area (Å²) in [5, 5.41) is 16.0. The summed E-state index contributed by atoms with van der Waals surface area (Å²) in [6.45, 7) is 4.76. The molecule has 2 unspecified atom stereocenters. The van der Waals surface area contributed by atoms with E-state index in [0.29, 0.717) is 6.42 Å². The first-order valence-electron chi connectivity index (χ1n) is 8.96. The molecule has 0 fully saturated rings.